The summed E-state index contributed by atoms with van der Waals surface area (Å²) in [6, 6.07) is 0.792. The van der Waals surface area contributed by atoms with Crippen LogP contribution in [-0.2, 0) is 4.74 Å². The van der Waals surface area contributed by atoms with Crippen LogP contribution >= 0.6 is 0 Å². The van der Waals surface area contributed by atoms with Crippen molar-refractivity contribution in [2.24, 2.45) is 5.92 Å². The molecule has 0 aromatic rings. The van der Waals surface area contributed by atoms with Crippen molar-refractivity contribution >= 4 is 0 Å². The minimum Gasteiger partial charge on any atom is -0.378 e. The number of nitrogens with zero attached hydrogens (tertiary/aromatic N) is 1. The molecule has 94 valence electrons. The number of rotatable bonds is 4. The molecule has 2 saturated heterocycles. The van der Waals surface area contributed by atoms with Crippen molar-refractivity contribution in [2.45, 2.75) is 44.8 Å². The summed E-state index contributed by atoms with van der Waals surface area (Å²) in [6.45, 7) is 6.98. The largest absolute Gasteiger partial charge is 0.378 e. The lowest BCUT2D eigenvalue weighted by atomic mass is 10.0. The molecule has 0 aliphatic carbocycles. The van der Waals surface area contributed by atoms with E-state index in [1.54, 1.807) is 0 Å². The topological polar surface area (TPSA) is 24.5 Å². The number of likely N-dealkylation sites (tertiary alicyclic amines) is 1. The third-order valence-corrected chi connectivity index (χ3v) is 4.12. The summed E-state index contributed by atoms with van der Waals surface area (Å²) < 4.78 is 5.75. The third kappa shape index (κ3) is 2.96. The van der Waals surface area contributed by atoms with Crippen LogP contribution in [0, 0.1) is 5.92 Å². The van der Waals surface area contributed by atoms with E-state index in [0.29, 0.717) is 6.10 Å². The minimum absolute atomic E-state index is 0.516. The van der Waals surface area contributed by atoms with Crippen molar-refractivity contribution in [2.75, 3.05) is 33.3 Å². The van der Waals surface area contributed by atoms with Crippen LogP contribution in [0.2, 0.25) is 0 Å². The highest BCUT2D eigenvalue weighted by atomic mass is 16.5. The fourth-order valence-electron chi connectivity index (χ4n) is 3.13. The Morgan fingerprint density at radius 2 is 2.25 bits per heavy atom. The van der Waals surface area contributed by atoms with Gasteiger partial charge < -0.3 is 10.1 Å². The van der Waals surface area contributed by atoms with Crippen LogP contribution in [0.15, 0.2) is 0 Å². The highest BCUT2D eigenvalue weighted by Crippen LogP contribution is 2.26. The van der Waals surface area contributed by atoms with Crippen molar-refractivity contribution in [3.8, 4) is 0 Å². The second-order valence-corrected chi connectivity index (χ2v) is 5.29. The average molecular weight is 226 g/mol. The number of ether oxygens (including phenoxy) is 1. The molecule has 0 spiro atoms. The van der Waals surface area contributed by atoms with E-state index in [9.17, 15) is 0 Å². The van der Waals surface area contributed by atoms with Crippen LogP contribution in [0.25, 0.3) is 0 Å². The van der Waals surface area contributed by atoms with E-state index in [1.807, 2.05) is 0 Å². The maximum absolute atomic E-state index is 5.75. The van der Waals surface area contributed by atoms with E-state index < -0.39 is 0 Å². The molecule has 0 bridgehead atoms. The molecule has 3 atom stereocenters. The maximum Gasteiger partial charge on any atom is 0.0587 e. The van der Waals surface area contributed by atoms with Crippen LogP contribution in [0.4, 0.5) is 0 Å². The van der Waals surface area contributed by atoms with Crippen molar-refractivity contribution < 1.29 is 4.74 Å². The van der Waals surface area contributed by atoms with Gasteiger partial charge in [0.05, 0.1) is 6.10 Å². The molecule has 0 aromatic carbocycles. The van der Waals surface area contributed by atoms with E-state index in [4.69, 9.17) is 4.74 Å². The molecule has 2 heterocycles. The normalized spacial score (nSPS) is 36.8. The summed E-state index contributed by atoms with van der Waals surface area (Å²) in [5.74, 6) is 0.868. The summed E-state index contributed by atoms with van der Waals surface area (Å²) in [7, 11) is 2.06. The smallest absolute Gasteiger partial charge is 0.0587 e. The van der Waals surface area contributed by atoms with Crippen molar-refractivity contribution in [3.05, 3.63) is 0 Å². The van der Waals surface area contributed by atoms with Crippen molar-refractivity contribution in [1.29, 1.82) is 0 Å². The number of hydrogen-bond donors (Lipinski definition) is 1. The Labute approximate surface area is 99.5 Å². The summed E-state index contributed by atoms with van der Waals surface area (Å²) >= 11 is 0. The standard InChI is InChI=1S/C13H26N2O/c1-3-13-8-12(5-7-16-13)15-6-4-11(10-15)9-14-2/h11-14H,3-10H2,1-2H3. The Hall–Kier alpha value is -0.120. The van der Waals surface area contributed by atoms with Crippen LogP contribution < -0.4 is 5.32 Å². The maximum atomic E-state index is 5.75. The fourth-order valence-corrected chi connectivity index (χ4v) is 3.13. The summed E-state index contributed by atoms with van der Waals surface area (Å²) in [5.41, 5.74) is 0. The van der Waals surface area contributed by atoms with Gasteiger partial charge in [-0.2, -0.15) is 0 Å². The van der Waals surface area contributed by atoms with Gasteiger partial charge in [0.25, 0.3) is 0 Å². The molecule has 0 amide bonds. The summed E-state index contributed by atoms with van der Waals surface area (Å²) in [4.78, 5) is 2.70. The zero-order valence-corrected chi connectivity index (χ0v) is 10.7. The van der Waals surface area contributed by atoms with E-state index in [-0.39, 0.29) is 0 Å². The first kappa shape index (κ1) is 12.3. The zero-order chi connectivity index (χ0) is 11.4. The van der Waals surface area contributed by atoms with Crippen molar-refractivity contribution in [3.63, 3.8) is 0 Å². The SMILES string of the molecule is CCC1CC(N2CCC(CNC)C2)CCO1. The van der Waals surface area contributed by atoms with Gasteiger partial charge in [0.2, 0.25) is 0 Å². The average Bonchev–Trinajstić information content (AvgIpc) is 2.78. The first-order valence-corrected chi connectivity index (χ1v) is 6.83. The zero-order valence-electron chi connectivity index (χ0n) is 10.7. The third-order valence-electron chi connectivity index (χ3n) is 4.12. The van der Waals surface area contributed by atoms with Crippen molar-refractivity contribution in [1.82, 2.24) is 10.2 Å². The van der Waals surface area contributed by atoms with E-state index in [0.717, 1.165) is 18.6 Å². The second kappa shape index (κ2) is 5.99. The molecule has 3 nitrogen and oxygen atoms in total. The monoisotopic (exact) mass is 226 g/mol. The van der Waals surface area contributed by atoms with Gasteiger partial charge in [-0.1, -0.05) is 6.92 Å². The Bertz CT molecular complexity index is 210. The van der Waals surface area contributed by atoms with E-state index >= 15 is 0 Å². The molecule has 2 fully saturated rings. The van der Waals surface area contributed by atoms with Gasteiger partial charge in [-0.05, 0) is 51.7 Å². The fraction of sp³-hybridized carbons (Fsp3) is 1.00. The molecular weight excluding hydrogens is 200 g/mol. The molecule has 2 aliphatic rings. The van der Waals surface area contributed by atoms with Crippen LogP contribution in [0.5, 0.6) is 0 Å². The minimum atomic E-state index is 0.516. The molecule has 3 heteroatoms. The number of nitrogens with one attached hydrogen (secondary N) is 1. The molecule has 2 rings (SSSR count). The van der Waals surface area contributed by atoms with Gasteiger partial charge in [0.15, 0.2) is 0 Å². The Morgan fingerprint density at radius 1 is 1.38 bits per heavy atom. The molecule has 3 unspecified atom stereocenters. The highest BCUT2D eigenvalue weighted by molar-refractivity contribution is 4.85. The molecular formula is C13H26N2O. The molecule has 2 aliphatic heterocycles. The molecule has 1 N–H and O–H groups in total. The highest BCUT2D eigenvalue weighted by Gasteiger charge is 2.31. The van der Waals surface area contributed by atoms with Crippen LogP contribution in [0.1, 0.15) is 32.6 Å². The number of hydrogen-bond acceptors (Lipinski definition) is 3. The molecule has 0 aromatic heterocycles. The van der Waals surface area contributed by atoms with Gasteiger partial charge in [-0.3, -0.25) is 4.90 Å². The quantitative estimate of drug-likeness (QED) is 0.786. The van der Waals surface area contributed by atoms with Crippen LogP contribution in [0.3, 0.4) is 0 Å². The van der Waals surface area contributed by atoms with E-state index in [2.05, 4.69) is 24.2 Å². The van der Waals surface area contributed by atoms with Gasteiger partial charge in [0.1, 0.15) is 0 Å². The predicted molar refractivity (Wildman–Crippen MR) is 66.7 cm³/mol. The molecule has 0 saturated carbocycles. The summed E-state index contributed by atoms with van der Waals surface area (Å²) in [6.07, 6.45) is 5.55. The Morgan fingerprint density at radius 3 is 3.00 bits per heavy atom. The Kier molecular flexibility index (Phi) is 4.62. The van der Waals surface area contributed by atoms with Gasteiger partial charge >= 0.3 is 0 Å². The first-order chi connectivity index (χ1) is 7.83. The summed E-state index contributed by atoms with van der Waals surface area (Å²) in [5, 5.41) is 3.30. The van der Waals surface area contributed by atoms with Gasteiger partial charge in [-0.25, -0.2) is 0 Å². The Balaban J connectivity index is 1.79. The van der Waals surface area contributed by atoms with Gasteiger partial charge in [-0.15, -0.1) is 0 Å². The lowest BCUT2D eigenvalue weighted by molar-refractivity contribution is -0.0242. The molecule has 0 radical (unpaired) electrons. The van der Waals surface area contributed by atoms with Gasteiger partial charge in [0, 0.05) is 19.2 Å². The lowest BCUT2D eigenvalue weighted by Crippen LogP contribution is -2.41. The second-order valence-electron chi connectivity index (χ2n) is 5.29. The first-order valence-electron chi connectivity index (χ1n) is 6.83. The lowest BCUT2D eigenvalue weighted by Gasteiger charge is -2.35. The molecule has 16 heavy (non-hydrogen) atoms. The van der Waals surface area contributed by atoms with E-state index in [1.165, 1.54) is 45.3 Å². The van der Waals surface area contributed by atoms with Crippen LogP contribution in [-0.4, -0.2) is 50.3 Å². The predicted octanol–water partition coefficient (Wildman–Crippen LogP) is 1.49.